The molecule has 2 aromatic rings. The highest BCUT2D eigenvalue weighted by atomic mass is 16.3. The molecule has 0 heterocycles. The Morgan fingerprint density at radius 2 is 1.71 bits per heavy atom. The second kappa shape index (κ2) is 4.74. The summed E-state index contributed by atoms with van der Waals surface area (Å²) in [5.41, 5.74) is 2.86. The van der Waals surface area contributed by atoms with Gasteiger partial charge in [0.1, 0.15) is 11.5 Å². The van der Waals surface area contributed by atoms with Crippen molar-refractivity contribution in [3.63, 3.8) is 0 Å². The third kappa shape index (κ3) is 2.67. The first-order valence-electron chi connectivity index (χ1n) is 5.41. The smallest absolute Gasteiger partial charge is 0.119 e. The SMILES string of the molecule is C=Cc1ccc(Cc2cc(O)ccc2O)cc1. The fraction of sp³-hybridized carbons (Fsp3) is 0.0667. The van der Waals surface area contributed by atoms with Gasteiger partial charge in [-0.05, 0) is 29.3 Å². The van der Waals surface area contributed by atoms with Gasteiger partial charge in [-0.1, -0.05) is 36.9 Å². The number of hydrogen-bond acceptors (Lipinski definition) is 2. The van der Waals surface area contributed by atoms with Gasteiger partial charge < -0.3 is 10.2 Å². The average Bonchev–Trinajstić information content (AvgIpc) is 2.35. The highest BCUT2D eigenvalue weighted by Gasteiger charge is 2.03. The predicted octanol–water partition coefficient (Wildman–Crippen LogP) is 3.33. The number of hydrogen-bond donors (Lipinski definition) is 2. The molecule has 17 heavy (non-hydrogen) atoms. The van der Waals surface area contributed by atoms with Gasteiger partial charge in [-0.3, -0.25) is 0 Å². The molecule has 0 bridgehead atoms. The first kappa shape index (κ1) is 11.3. The van der Waals surface area contributed by atoms with Gasteiger partial charge in [0.2, 0.25) is 0 Å². The minimum absolute atomic E-state index is 0.167. The van der Waals surface area contributed by atoms with Crippen LogP contribution < -0.4 is 0 Å². The lowest BCUT2D eigenvalue weighted by Gasteiger charge is -2.06. The fourth-order valence-electron chi connectivity index (χ4n) is 1.70. The van der Waals surface area contributed by atoms with Crippen molar-refractivity contribution in [2.24, 2.45) is 0 Å². The zero-order valence-electron chi connectivity index (χ0n) is 9.43. The molecule has 0 aliphatic heterocycles. The third-order valence-corrected chi connectivity index (χ3v) is 2.67. The highest BCUT2D eigenvalue weighted by Crippen LogP contribution is 2.24. The minimum atomic E-state index is 0.167. The van der Waals surface area contributed by atoms with E-state index in [0.29, 0.717) is 6.42 Å². The van der Waals surface area contributed by atoms with Crippen LogP contribution >= 0.6 is 0 Å². The molecule has 86 valence electrons. The lowest BCUT2D eigenvalue weighted by molar-refractivity contribution is 0.455. The summed E-state index contributed by atoms with van der Waals surface area (Å²) >= 11 is 0. The number of aromatic hydroxyl groups is 2. The second-order valence-electron chi connectivity index (χ2n) is 3.94. The zero-order valence-corrected chi connectivity index (χ0v) is 9.43. The largest absolute Gasteiger partial charge is 0.508 e. The summed E-state index contributed by atoms with van der Waals surface area (Å²) in [6.45, 7) is 3.70. The molecule has 0 spiro atoms. The minimum Gasteiger partial charge on any atom is -0.508 e. The molecular weight excluding hydrogens is 212 g/mol. The van der Waals surface area contributed by atoms with Crippen LogP contribution in [0.3, 0.4) is 0 Å². The standard InChI is InChI=1S/C15H14O2/c1-2-11-3-5-12(6-4-11)9-13-10-14(16)7-8-15(13)17/h2-8,10,16-17H,1,9H2. The van der Waals surface area contributed by atoms with Crippen LogP contribution in [-0.4, -0.2) is 10.2 Å². The molecule has 0 fully saturated rings. The van der Waals surface area contributed by atoms with Crippen molar-refractivity contribution < 1.29 is 10.2 Å². The van der Waals surface area contributed by atoms with E-state index < -0.39 is 0 Å². The number of phenols is 2. The first-order chi connectivity index (χ1) is 8.19. The van der Waals surface area contributed by atoms with Crippen LogP contribution in [-0.2, 0) is 6.42 Å². The summed E-state index contributed by atoms with van der Waals surface area (Å²) < 4.78 is 0. The van der Waals surface area contributed by atoms with Crippen molar-refractivity contribution >= 4 is 6.08 Å². The van der Waals surface area contributed by atoms with Crippen LogP contribution in [0.4, 0.5) is 0 Å². The van der Waals surface area contributed by atoms with Crippen LogP contribution in [0.25, 0.3) is 6.08 Å². The molecule has 2 rings (SSSR count). The number of rotatable bonds is 3. The van der Waals surface area contributed by atoms with Crippen LogP contribution in [0.15, 0.2) is 49.0 Å². The summed E-state index contributed by atoms with van der Waals surface area (Å²) in [7, 11) is 0. The van der Waals surface area contributed by atoms with Crippen LogP contribution in [0.2, 0.25) is 0 Å². The Hall–Kier alpha value is -2.22. The fourth-order valence-corrected chi connectivity index (χ4v) is 1.70. The molecule has 0 aliphatic carbocycles. The van der Waals surface area contributed by atoms with Gasteiger partial charge in [0.25, 0.3) is 0 Å². The van der Waals surface area contributed by atoms with Crippen molar-refractivity contribution in [2.45, 2.75) is 6.42 Å². The molecule has 2 heteroatoms. The van der Waals surface area contributed by atoms with Crippen LogP contribution in [0, 0.1) is 0 Å². The van der Waals surface area contributed by atoms with Crippen LogP contribution in [0.1, 0.15) is 16.7 Å². The summed E-state index contributed by atoms with van der Waals surface area (Å²) in [4.78, 5) is 0. The van der Waals surface area contributed by atoms with Gasteiger partial charge in [-0.2, -0.15) is 0 Å². The maximum atomic E-state index is 9.67. The van der Waals surface area contributed by atoms with Gasteiger partial charge in [0.15, 0.2) is 0 Å². The summed E-state index contributed by atoms with van der Waals surface area (Å²) in [5, 5.41) is 19.0. The highest BCUT2D eigenvalue weighted by molar-refractivity contribution is 5.48. The van der Waals surface area contributed by atoms with E-state index in [9.17, 15) is 10.2 Å². The Balaban J connectivity index is 2.24. The summed E-state index contributed by atoms with van der Waals surface area (Å²) in [6.07, 6.45) is 2.38. The molecule has 0 saturated heterocycles. The Labute approximate surface area is 100 Å². The van der Waals surface area contributed by atoms with E-state index in [2.05, 4.69) is 6.58 Å². The van der Waals surface area contributed by atoms with Crippen LogP contribution in [0.5, 0.6) is 11.5 Å². The van der Waals surface area contributed by atoms with E-state index >= 15 is 0 Å². The molecule has 0 aliphatic rings. The van der Waals surface area contributed by atoms with E-state index in [1.165, 1.54) is 12.1 Å². The van der Waals surface area contributed by atoms with E-state index in [1.54, 1.807) is 12.1 Å². The maximum Gasteiger partial charge on any atom is 0.119 e. The molecular formula is C15H14O2. The quantitative estimate of drug-likeness (QED) is 0.788. The third-order valence-electron chi connectivity index (χ3n) is 2.67. The molecule has 2 nitrogen and oxygen atoms in total. The lowest BCUT2D eigenvalue weighted by Crippen LogP contribution is -1.89. The molecule has 2 N–H and O–H groups in total. The zero-order chi connectivity index (χ0) is 12.3. The van der Waals surface area contributed by atoms with Crippen molar-refractivity contribution in [1.29, 1.82) is 0 Å². The molecule has 0 atom stereocenters. The van der Waals surface area contributed by atoms with Gasteiger partial charge in [0, 0.05) is 12.0 Å². The molecule has 2 aromatic carbocycles. The van der Waals surface area contributed by atoms with Gasteiger partial charge in [-0.15, -0.1) is 0 Å². The Kier molecular flexibility index (Phi) is 3.15. The monoisotopic (exact) mass is 226 g/mol. The van der Waals surface area contributed by atoms with E-state index in [1.807, 2.05) is 24.3 Å². The Morgan fingerprint density at radius 3 is 2.35 bits per heavy atom. The van der Waals surface area contributed by atoms with Gasteiger partial charge >= 0.3 is 0 Å². The maximum absolute atomic E-state index is 9.67. The lowest BCUT2D eigenvalue weighted by atomic mass is 10.0. The Morgan fingerprint density at radius 1 is 1.00 bits per heavy atom. The molecule has 0 amide bonds. The topological polar surface area (TPSA) is 40.5 Å². The molecule has 0 radical (unpaired) electrons. The van der Waals surface area contributed by atoms with E-state index in [0.717, 1.165) is 16.7 Å². The molecule has 0 aromatic heterocycles. The predicted molar refractivity (Wildman–Crippen MR) is 69.1 cm³/mol. The van der Waals surface area contributed by atoms with Crippen molar-refractivity contribution in [1.82, 2.24) is 0 Å². The number of benzene rings is 2. The van der Waals surface area contributed by atoms with Gasteiger partial charge in [0.05, 0.1) is 0 Å². The normalized spacial score (nSPS) is 10.1. The average molecular weight is 226 g/mol. The van der Waals surface area contributed by atoms with Crippen molar-refractivity contribution in [3.8, 4) is 11.5 Å². The summed E-state index contributed by atoms with van der Waals surface area (Å²) in [6, 6.07) is 12.5. The summed E-state index contributed by atoms with van der Waals surface area (Å²) in [5.74, 6) is 0.371. The second-order valence-corrected chi connectivity index (χ2v) is 3.94. The number of phenolic OH excluding ortho intramolecular Hbond substituents is 2. The van der Waals surface area contributed by atoms with E-state index in [-0.39, 0.29) is 11.5 Å². The molecule has 0 unspecified atom stereocenters. The Bertz CT molecular complexity index is 527. The molecule has 0 saturated carbocycles. The van der Waals surface area contributed by atoms with Gasteiger partial charge in [-0.25, -0.2) is 0 Å². The van der Waals surface area contributed by atoms with Crippen molar-refractivity contribution in [2.75, 3.05) is 0 Å². The first-order valence-corrected chi connectivity index (χ1v) is 5.41. The van der Waals surface area contributed by atoms with E-state index in [4.69, 9.17) is 0 Å². The van der Waals surface area contributed by atoms with Crippen molar-refractivity contribution in [3.05, 3.63) is 65.7 Å².